The molecular weight excluding hydrogens is 282 g/mol. The van der Waals surface area contributed by atoms with Crippen LogP contribution in [0.2, 0.25) is 0 Å². The minimum atomic E-state index is -0.476. The van der Waals surface area contributed by atoms with Gasteiger partial charge in [-0.05, 0) is 31.0 Å². The molecule has 2 N–H and O–H groups in total. The first-order chi connectivity index (χ1) is 8.10. The van der Waals surface area contributed by atoms with Gasteiger partial charge in [0.2, 0.25) is 0 Å². The Bertz CT molecular complexity index is 349. The van der Waals surface area contributed by atoms with E-state index in [1.807, 2.05) is 18.2 Å². The minimum absolute atomic E-state index is 0.149. The third-order valence-corrected chi connectivity index (χ3v) is 3.35. The van der Waals surface area contributed by atoms with Crippen molar-refractivity contribution in [2.75, 3.05) is 24.6 Å². The van der Waals surface area contributed by atoms with Crippen LogP contribution in [0.15, 0.2) is 22.7 Å². The Morgan fingerprint density at radius 3 is 2.53 bits per heavy atom. The number of hydrogen-bond donors (Lipinski definition) is 2. The van der Waals surface area contributed by atoms with E-state index in [1.54, 1.807) is 6.92 Å². The normalized spacial score (nSPS) is 12.5. The Labute approximate surface area is 111 Å². The lowest BCUT2D eigenvalue weighted by molar-refractivity contribution is 0.198. The number of halogens is 1. The van der Waals surface area contributed by atoms with Crippen molar-refractivity contribution < 1.29 is 10.2 Å². The van der Waals surface area contributed by atoms with Crippen molar-refractivity contribution in [1.82, 2.24) is 0 Å². The number of aliphatic hydroxyl groups is 2. The van der Waals surface area contributed by atoms with Crippen LogP contribution in [0.3, 0.4) is 0 Å². The summed E-state index contributed by atoms with van der Waals surface area (Å²) in [6.07, 6.45) is 0.561. The van der Waals surface area contributed by atoms with Crippen LogP contribution < -0.4 is 4.90 Å². The Kier molecular flexibility index (Phi) is 5.95. The van der Waals surface area contributed by atoms with Crippen molar-refractivity contribution in [3.05, 3.63) is 28.2 Å². The molecule has 17 heavy (non-hydrogen) atoms. The van der Waals surface area contributed by atoms with Gasteiger partial charge in [0.05, 0.1) is 12.7 Å². The number of hydrogen-bond acceptors (Lipinski definition) is 3. The molecule has 0 aromatic heterocycles. The highest BCUT2D eigenvalue weighted by Gasteiger charge is 2.10. The summed E-state index contributed by atoms with van der Waals surface area (Å²) in [6, 6.07) is 5.90. The van der Waals surface area contributed by atoms with Gasteiger partial charge in [0, 0.05) is 23.2 Å². The Morgan fingerprint density at radius 1 is 1.35 bits per heavy atom. The molecule has 0 saturated heterocycles. The van der Waals surface area contributed by atoms with Crippen LogP contribution in [0.4, 0.5) is 5.69 Å². The van der Waals surface area contributed by atoms with E-state index in [4.69, 9.17) is 5.11 Å². The van der Waals surface area contributed by atoms with Crippen LogP contribution in [0.25, 0.3) is 0 Å². The van der Waals surface area contributed by atoms with Crippen LogP contribution in [-0.4, -0.2) is 29.9 Å². The van der Waals surface area contributed by atoms with Crippen molar-refractivity contribution in [1.29, 1.82) is 0 Å². The number of nitrogens with zero attached hydrogens (tertiary/aromatic N) is 1. The maximum absolute atomic E-state index is 9.56. The Balaban J connectivity index is 2.93. The molecule has 0 amide bonds. The summed E-state index contributed by atoms with van der Waals surface area (Å²) in [4.78, 5) is 2.14. The van der Waals surface area contributed by atoms with E-state index >= 15 is 0 Å². The quantitative estimate of drug-likeness (QED) is 0.849. The summed E-state index contributed by atoms with van der Waals surface area (Å²) in [6.45, 7) is 5.56. The van der Waals surface area contributed by atoms with Crippen molar-refractivity contribution in [3.63, 3.8) is 0 Å². The van der Waals surface area contributed by atoms with Crippen LogP contribution in [0.1, 0.15) is 31.9 Å². The van der Waals surface area contributed by atoms with Gasteiger partial charge in [0.25, 0.3) is 0 Å². The molecular formula is C13H20BrNO2. The maximum atomic E-state index is 9.56. The Morgan fingerprint density at radius 2 is 2.06 bits per heavy atom. The predicted octanol–water partition coefficient (Wildman–Crippen LogP) is 2.71. The average molecular weight is 302 g/mol. The molecule has 0 aliphatic carbocycles. The van der Waals surface area contributed by atoms with E-state index in [1.165, 1.54) is 0 Å². The zero-order chi connectivity index (χ0) is 12.8. The molecule has 3 nitrogen and oxygen atoms in total. The molecule has 1 rings (SSSR count). The molecule has 1 aromatic carbocycles. The van der Waals surface area contributed by atoms with Crippen molar-refractivity contribution >= 4 is 21.6 Å². The van der Waals surface area contributed by atoms with Gasteiger partial charge in [-0.15, -0.1) is 0 Å². The largest absolute Gasteiger partial charge is 0.395 e. The molecule has 4 heteroatoms. The monoisotopic (exact) mass is 301 g/mol. The molecule has 0 bridgehead atoms. The van der Waals surface area contributed by atoms with Gasteiger partial charge in [-0.25, -0.2) is 0 Å². The Hall–Kier alpha value is -0.580. The lowest BCUT2D eigenvalue weighted by atomic mass is 10.1. The lowest BCUT2D eigenvalue weighted by Gasteiger charge is -2.24. The van der Waals surface area contributed by atoms with Gasteiger partial charge in [-0.1, -0.05) is 28.9 Å². The molecule has 0 aliphatic rings. The van der Waals surface area contributed by atoms with Gasteiger partial charge in [0.15, 0.2) is 0 Å². The molecule has 0 spiro atoms. The number of aliphatic hydroxyl groups excluding tert-OH is 2. The smallest absolute Gasteiger partial charge is 0.0772 e. The summed E-state index contributed by atoms with van der Waals surface area (Å²) < 4.78 is 0.907. The predicted molar refractivity (Wildman–Crippen MR) is 74.4 cm³/mol. The fourth-order valence-corrected chi connectivity index (χ4v) is 2.51. The van der Waals surface area contributed by atoms with Gasteiger partial charge < -0.3 is 15.1 Å². The minimum Gasteiger partial charge on any atom is -0.395 e. The van der Waals surface area contributed by atoms with E-state index in [9.17, 15) is 5.11 Å². The van der Waals surface area contributed by atoms with Crippen LogP contribution in [0.5, 0.6) is 0 Å². The van der Waals surface area contributed by atoms with E-state index in [0.717, 1.165) is 28.7 Å². The summed E-state index contributed by atoms with van der Waals surface area (Å²) in [5, 5.41) is 18.6. The topological polar surface area (TPSA) is 43.7 Å². The van der Waals surface area contributed by atoms with Crippen LogP contribution in [0, 0.1) is 0 Å². The third-order valence-electron chi connectivity index (χ3n) is 2.66. The number of anilines is 1. The SMILES string of the molecule is CCCN(CCO)c1ccc([C@H](C)O)c(Br)c1. The van der Waals surface area contributed by atoms with Gasteiger partial charge in [-0.3, -0.25) is 0 Å². The highest BCUT2D eigenvalue weighted by molar-refractivity contribution is 9.10. The first kappa shape index (κ1) is 14.5. The first-order valence-corrected chi connectivity index (χ1v) is 6.72. The van der Waals surface area contributed by atoms with Crippen molar-refractivity contribution in [2.45, 2.75) is 26.4 Å². The summed E-state index contributed by atoms with van der Waals surface area (Å²) >= 11 is 3.47. The van der Waals surface area contributed by atoms with E-state index in [0.29, 0.717) is 6.54 Å². The van der Waals surface area contributed by atoms with Gasteiger partial charge in [0.1, 0.15) is 0 Å². The van der Waals surface area contributed by atoms with Gasteiger partial charge in [-0.2, -0.15) is 0 Å². The fourth-order valence-electron chi connectivity index (χ4n) is 1.81. The van der Waals surface area contributed by atoms with Crippen molar-refractivity contribution in [3.8, 4) is 0 Å². The maximum Gasteiger partial charge on any atom is 0.0772 e. The summed E-state index contributed by atoms with van der Waals surface area (Å²) in [5.74, 6) is 0. The second-order valence-corrected chi connectivity index (χ2v) is 4.95. The van der Waals surface area contributed by atoms with Crippen molar-refractivity contribution in [2.24, 2.45) is 0 Å². The average Bonchev–Trinajstić information content (AvgIpc) is 2.28. The zero-order valence-electron chi connectivity index (χ0n) is 10.4. The van der Waals surface area contributed by atoms with E-state index in [2.05, 4.69) is 27.8 Å². The third kappa shape index (κ3) is 3.98. The zero-order valence-corrected chi connectivity index (χ0v) is 11.9. The number of rotatable bonds is 6. The second-order valence-electron chi connectivity index (χ2n) is 4.09. The molecule has 0 fully saturated rings. The highest BCUT2D eigenvalue weighted by atomic mass is 79.9. The lowest BCUT2D eigenvalue weighted by Crippen LogP contribution is -2.27. The molecule has 96 valence electrons. The first-order valence-electron chi connectivity index (χ1n) is 5.93. The molecule has 0 heterocycles. The summed E-state index contributed by atoms with van der Waals surface area (Å²) in [5.41, 5.74) is 1.95. The summed E-state index contributed by atoms with van der Waals surface area (Å²) in [7, 11) is 0. The standard InChI is InChI=1S/C13H20BrNO2/c1-3-6-15(7-8-16)11-4-5-12(10(2)17)13(14)9-11/h4-5,9-10,16-17H,3,6-8H2,1-2H3/t10-/m0/s1. The molecule has 1 aromatic rings. The van der Waals surface area contributed by atoms with E-state index in [-0.39, 0.29) is 6.61 Å². The molecule has 0 saturated carbocycles. The number of benzene rings is 1. The second kappa shape index (κ2) is 6.99. The molecule has 0 unspecified atom stereocenters. The molecule has 0 radical (unpaired) electrons. The molecule has 1 atom stereocenters. The van der Waals surface area contributed by atoms with E-state index < -0.39 is 6.10 Å². The van der Waals surface area contributed by atoms with Crippen LogP contribution in [-0.2, 0) is 0 Å². The van der Waals surface area contributed by atoms with Gasteiger partial charge >= 0.3 is 0 Å². The van der Waals surface area contributed by atoms with Crippen LogP contribution >= 0.6 is 15.9 Å². The fraction of sp³-hybridized carbons (Fsp3) is 0.538. The molecule has 0 aliphatic heterocycles. The highest BCUT2D eigenvalue weighted by Crippen LogP contribution is 2.28.